The smallest absolute Gasteiger partial charge is 0.131 e. The highest BCUT2D eigenvalue weighted by atomic mass is 15.1. The summed E-state index contributed by atoms with van der Waals surface area (Å²) < 4.78 is 2.06. The van der Waals surface area contributed by atoms with Crippen LogP contribution in [0.1, 0.15) is 18.8 Å². The highest BCUT2D eigenvalue weighted by Gasteiger charge is 2.14. The summed E-state index contributed by atoms with van der Waals surface area (Å²) in [6.45, 7) is 1.94. The summed E-state index contributed by atoms with van der Waals surface area (Å²) in [5, 5.41) is 0. The minimum atomic E-state index is -0.127. The minimum Gasteiger partial charge on any atom is -0.322 e. The molecule has 4 heteroatoms. The quantitative estimate of drug-likeness (QED) is 0.746. The largest absolute Gasteiger partial charge is 0.322 e. The number of hydrogen-bond acceptors (Lipinski definition) is 3. The fourth-order valence-corrected chi connectivity index (χ4v) is 2.11. The second-order valence-electron chi connectivity index (χ2n) is 4.29. The lowest BCUT2D eigenvalue weighted by Crippen LogP contribution is -2.12. The molecule has 1 unspecified atom stereocenters. The SMILES string of the molecule is CC(N)c1nc2ccccc2n1-c1cccnc1. The van der Waals surface area contributed by atoms with Gasteiger partial charge in [-0.2, -0.15) is 0 Å². The van der Waals surface area contributed by atoms with Crippen LogP contribution in [0.2, 0.25) is 0 Å². The molecule has 0 saturated carbocycles. The fourth-order valence-electron chi connectivity index (χ4n) is 2.11. The molecule has 0 spiro atoms. The van der Waals surface area contributed by atoms with E-state index in [2.05, 4.69) is 14.5 Å². The highest BCUT2D eigenvalue weighted by molar-refractivity contribution is 5.78. The van der Waals surface area contributed by atoms with Crippen molar-refractivity contribution in [3.05, 3.63) is 54.6 Å². The molecule has 1 atom stereocenters. The van der Waals surface area contributed by atoms with E-state index in [1.807, 2.05) is 49.5 Å². The number of aromatic nitrogens is 3. The third kappa shape index (κ3) is 1.67. The Labute approximate surface area is 105 Å². The van der Waals surface area contributed by atoms with Gasteiger partial charge in [0.1, 0.15) is 5.82 Å². The van der Waals surface area contributed by atoms with Gasteiger partial charge in [0.25, 0.3) is 0 Å². The molecule has 2 N–H and O–H groups in total. The lowest BCUT2D eigenvalue weighted by atomic mass is 10.3. The van der Waals surface area contributed by atoms with Gasteiger partial charge in [-0.25, -0.2) is 4.98 Å². The van der Waals surface area contributed by atoms with Crippen LogP contribution in [-0.2, 0) is 0 Å². The van der Waals surface area contributed by atoms with Crippen LogP contribution in [0, 0.1) is 0 Å². The molecule has 90 valence electrons. The normalized spacial score (nSPS) is 12.8. The number of nitrogens with zero attached hydrogens (tertiary/aromatic N) is 3. The number of benzene rings is 1. The van der Waals surface area contributed by atoms with Crippen LogP contribution in [0.3, 0.4) is 0 Å². The predicted molar refractivity (Wildman–Crippen MR) is 71.5 cm³/mol. The Morgan fingerprint density at radius 3 is 2.72 bits per heavy atom. The summed E-state index contributed by atoms with van der Waals surface area (Å²) in [4.78, 5) is 8.76. The highest BCUT2D eigenvalue weighted by Crippen LogP contribution is 2.23. The van der Waals surface area contributed by atoms with Gasteiger partial charge in [0.2, 0.25) is 0 Å². The Kier molecular flexibility index (Phi) is 2.57. The predicted octanol–water partition coefficient (Wildman–Crippen LogP) is 2.44. The number of nitrogens with two attached hydrogens (primary N) is 1. The van der Waals surface area contributed by atoms with Crippen molar-refractivity contribution in [3.63, 3.8) is 0 Å². The zero-order valence-electron chi connectivity index (χ0n) is 10.1. The summed E-state index contributed by atoms with van der Waals surface area (Å²) >= 11 is 0. The van der Waals surface area contributed by atoms with E-state index < -0.39 is 0 Å². The summed E-state index contributed by atoms with van der Waals surface area (Å²) in [5.74, 6) is 0.851. The minimum absolute atomic E-state index is 0.127. The van der Waals surface area contributed by atoms with Gasteiger partial charge in [-0.05, 0) is 31.2 Å². The standard InChI is InChI=1S/C14H14N4/c1-10(15)14-17-12-6-2-3-7-13(12)18(14)11-5-4-8-16-9-11/h2-10H,15H2,1H3. The van der Waals surface area contributed by atoms with Crippen molar-refractivity contribution >= 4 is 11.0 Å². The molecule has 2 aromatic heterocycles. The van der Waals surface area contributed by atoms with Crippen molar-refractivity contribution in [2.24, 2.45) is 5.73 Å². The van der Waals surface area contributed by atoms with Crippen molar-refractivity contribution in [3.8, 4) is 5.69 Å². The molecule has 0 aliphatic rings. The zero-order chi connectivity index (χ0) is 12.5. The first-order valence-corrected chi connectivity index (χ1v) is 5.91. The van der Waals surface area contributed by atoms with E-state index in [1.54, 1.807) is 6.20 Å². The van der Waals surface area contributed by atoms with E-state index in [0.717, 1.165) is 22.5 Å². The first kappa shape index (κ1) is 10.9. The molecule has 0 bridgehead atoms. The van der Waals surface area contributed by atoms with Gasteiger partial charge < -0.3 is 5.73 Å². The summed E-state index contributed by atoms with van der Waals surface area (Å²) in [5.41, 5.74) is 9.00. The first-order valence-electron chi connectivity index (χ1n) is 5.91. The molecule has 3 aromatic rings. The van der Waals surface area contributed by atoms with Crippen LogP contribution in [0.4, 0.5) is 0 Å². The second kappa shape index (κ2) is 4.23. The van der Waals surface area contributed by atoms with Gasteiger partial charge in [-0.15, -0.1) is 0 Å². The van der Waals surface area contributed by atoms with Crippen molar-refractivity contribution in [2.45, 2.75) is 13.0 Å². The molecular formula is C14H14N4. The van der Waals surface area contributed by atoms with Crippen molar-refractivity contribution < 1.29 is 0 Å². The fraction of sp³-hybridized carbons (Fsp3) is 0.143. The van der Waals surface area contributed by atoms with Crippen LogP contribution in [0.5, 0.6) is 0 Å². The molecule has 0 saturated heterocycles. The second-order valence-corrected chi connectivity index (χ2v) is 4.29. The molecule has 1 aromatic carbocycles. The maximum absolute atomic E-state index is 6.01. The number of pyridine rings is 1. The molecule has 0 aliphatic carbocycles. The molecule has 4 nitrogen and oxygen atoms in total. The van der Waals surface area contributed by atoms with Crippen molar-refractivity contribution in [1.29, 1.82) is 0 Å². The van der Waals surface area contributed by atoms with Crippen molar-refractivity contribution in [1.82, 2.24) is 14.5 Å². The van der Waals surface area contributed by atoms with Crippen molar-refractivity contribution in [2.75, 3.05) is 0 Å². The molecule has 3 rings (SSSR count). The first-order chi connectivity index (χ1) is 8.77. The molecular weight excluding hydrogens is 224 g/mol. The zero-order valence-corrected chi connectivity index (χ0v) is 10.1. The number of imidazole rings is 1. The van der Waals surface area contributed by atoms with Gasteiger partial charge in [-0.1, -0.05) is 12.1 Å². The lowest BCUT2D eigenvalue weighted by molar-refractivity contribution is 0.726. The third-order valence-corrected chi connectivity index (χ3v) is 2.90. The molecule has 0 fully saturated rings. The lowest BCUT2D eigenvalue weighted by Gasteiger charge is -2.10. The van der Waals surface area contributed by atoms with E-state index >= 15 is 0 Å². The Morgan fingerprint density at radius 2 is 2.00 bits per heavy atom. The van der Waals surface area contributed by atoms with Gasteiger partial charge in [0, 0.05) is 6.20 Å². The van der Waals surface area contributed by atoms with Crippen LogP contribution in [-0.4, -0.2) is 14.5 Å². The summed E-state index contributed by atoms with van der Waals surface area (Å²) in [6, 6.07) is 11.8. The van der Waals surface area contributed by atoms with Crippen LogP contribution < -0.4 is 5.73 Å². The Balaban J connectivity index is 2.35. The maximum atomic E-state index is 6.01. The van der Waals surface area contributed by atoms with Gasteiger partial charge in [-0.3, -0.25) is 9.55 Å². The molecule has 0 aliphatic heterocycles. The van der Waals surface area contributed by atoms with Gasteiger partial charge >= 0.3 is 0 Å². The number of fused-ring (bicyclic) bond motifs is 1. The van der Waals surface area contributed by atoms with Crippen LogP contribution >= 0.6 is 0 Å². The van der Waals surface area contributed by atoms with E-state index in [9.17, 15) is 0 Å². The average molecular weight is 238 g/mol. The average Bonchev–Trinajstić information content (AvgIpc) is 2.79. The number of rotatable bonds is 2. The van der Waals surface area contributed by atoms with Crippen LogP contribution in [0.25, 0.3) is 16.7 Å². The summed E-state index contributed by atoms with van der Waals surface area (Å²) in [7, 11) is 0. The molecule has 0 amide bonds. The monoisotopic (exact) mass is 238 g/mol. The number of para-hydroxylation sites is 2. The Bertz CT molecular complexity index is 671. The molecule has 0 radical (unpaired) electrons. The van der Waals surface area contributed by atoms with Gasteiger partial charge in [0.15, 0.2) is 0 Å². The summed E-state index contributed by atoms with van der Waals surface area (Å²) in [6.07, 6.45) is 3.58. The molecule has 18 heavy (non-hydrogen) atoms. The Hall–Kier alpha value is -2.20. The molecule has 2 heterocycles. The Morgan fingerprint density at radius 1 is 1.17 bits per heavy atom. The maximum Gasteiger partial charge on any atom is 0.131 e. The van der Waals surface area contributed by atoms with E-state index in [1.165, 1.54) is 0 Å². The van der Waals surface area contributed by atoms with Gasteiger partial charge in [0.05, 0.1) is 29.0 Å². The van der Waals surface area contributed by atoms with E-state index in [-0.39, 0.29) is 6.04 Å². The topological polar surface area (TPSA) is 56.7 Å². The van der Waals surface area contributed by atoms with E-state index in [0.29, 0.717) is 0 Å². The third-order valence-electron chi connectivity index (χ3n) is 2.90. The number of hydrogen-bond donors (Lipinski definition) is 1. The van der Waals surface area contributed by atoms with E-state index in [4.69, 9.17) is 5.73 Å². The van der Waals surface area contributed by atoms with Crippen LogP contribution in [0.15, 0.2) is 48.8 Å².